The molecule has 2 heterocycles. The second-order valence-corrected chi connectivity index (χ2v) is 8.29. The first-order valence-corrected chi connectivity index (χ1v) is 10.7. The summed E-state index contributed by atoms with van der Waals surface area (Å²) >= 11 is 2.98. The first-order chi connectivity index (χ1) is 13.6. The second-order valence-electron chi connectivity index (χ2n) is 6.32. The molecule has 0 fully saturated rings. The first kappa shape index (κ1) is 20.5. The molecular formula is C19H23N5O2S2. The van der Waals surface area contributed by atoms with Crippen LogP contribution in [0.2, 0.25) is 0 Å². The fourth-order valence-corrected chi connectivity index (χ4v) is 4.10. The average Bonchev–Trinajstić information content (AvgIpc) is 3.37. The molecule has 1 aromatic carbocycles. The van der Waals surface area contributed by atoms with Gasteiger partial charge in [0.2, 0.25) is 11.1 Å². The lowest BCUT2D eigenvalue weighted by molar-refractivity contribution is -0.129. The molecule has 0 saturated heterocycles. The maximum atomic E-state index is 12.8. The molecule has 0 unspecified atom stereocenters. The Morgan fingerprint density at radius 3 is 2.86 bits per heavy atom. The third-order valence-corrected chi connectivity index (χ3v) is 6.11. The van der Waals surface area contributed by atoms with Gasteiger partial charge in [0.1, 0.15) is 0 Å². The SMILES string of the molecule is COCCN(Cc1cccs1)C(=O)CSc1nnnn1-c1ccc(C)c(C)c1. The van der Waals surface area contributed by atoms with E-state index in [0.29, 0.717) is 24.9 Å². The molecule has 0 spiro atoms. The van der Waals surface area contributed by atoms with Gasteiger partial charge in [0.25, 0.3) is 0 Å². The topological polar surface area (TPSA) is 73.1 Å². The maximum absolute atomic E-state index is 12.8. The van der Waals surface area contributed by atoms with Crippen LogP contribution in [0.5, 0.6) is 0 Å². The first-order valence-electron chi connectivity index (χ1n) is 8.86. The van der Waals surface area contributed by atoms with Crippen LogP contribution in [-0.2, 0) is 16.1 Å². The number of ether oxygens (including phenoxy) is 1. The fraction of sp³-hybridized carbons (Fsp3) is 0.368. The number of nitrogens with zero attached hydrogens (tertiary/aromatic N) is 5. The predicted octanol–water partition coefficient (Wildman–Crippen LogP) is 3.11. The van der Waals surface area contributed by atoms with Gasteiger partial charge in [0.15, 0.2) is 0 Å². The quantitative estimate of drug-likeness (QED) is 0.498. The van der Waals surface area contributed by atoms with Crippen LogP contribution in [-0.4, -0.2) is 57.0 Å². The summed E-state index contributed by atoms with van der Waals surface area (Å²) in [4.78, 5) is 15.8. The largest absolute Gasteiger partial charge is 0.383 e. The molecule has 0 aliphatic heterocycles. The van der Waals surface area contributed by atoms with Gasteiger partial charge in [0.05, 0.1) is 24.6 Å². The summed E-state index contributed by atoms with van der Waals surface area (Å²) in [6.07, 6.45) is 0. The molecule has 1 amide bonds. The molecule has 2 aromatic heterocycles. The molecular weight excluding hydrogens is 394 g/mol. The van der Waals surface area contributed by atoms with Gasteiger partial charge in [0, 0.05) is 18.5 Å². The van der Waals surface area contributed by atoms with Gasteiger partial charge in [-0.15, -0.1) is 16.4 Å². The van der Waals surface area contributed by atoms with Gasteiger partial charge in [-0.05, 0) is 59.0 Å². The minimum absolute atomic E-state index is 0.0325. The summed E-state index contributed by atoms with van der Waals surface area (Å²) in [7, 11) is 1.64. The van der Waals surface area contributed by atoms with Crippen molar-refractivity contribution in [2.45, 2.75) is 25.5 Å². The lowest BCUT2D eigenvalue weighted by Gasteiger charge is -2.21. The summed E-state index contributed by atoms with van der Waals surface area (Å²) in [6.45, 7) is 5.76. The van der Waals surface area contributed by atoms with Gasteiger partial charge in [-0.25, -0.2) is 0 Å². The molecule has 0 atom stereocenters. The van der Waals surface area contributed by atoms with Crippen molar-refractivity contribution < 1.29 is 9.53 Å². The number of hydrogen-bond acceptors (Lipinski definition) is 7. The van der Waals surface area contributed by atoms with Crippen LogP contribution in [0.3, 0.4) is 0 Å². The summed E-state index contributed by atoms with van der Waals surface area (Å²) in [6, 6.07) is 10.1. The maximum Gasteiger partial charge on any atom is 0.233 e. The summed E-state index contributed by atoms with van der Waals surface area (Å²) in [5.74, 6) is 0.297. The molecule has 0 aliphatic carbocycles. The third-order valence-electron chi connectivity index (χ3n) is 4.35. The van der Waals surface area contributed by atoms with E-state index in [1.54, 1.807) is 23.1 Å². The summed E-state index contributed by atoms with van der Waals surface area (Å²) in [5, 5.41) is 14.6. The second kappa shape index (κ2) is 9.81. The molecule has 0 saturated carbocycles. The Balaban J connectivity index is 1.67. The van der Waals surface area contributed by atoms with E-state index in [1.165, 1.54) is 22.9 Å². The Morgan fingerprint density at radius 1 is 1.29 bits per heavy atom. The van der Waals surface area contributed by atoms with Crippen LogP contribution >= 0.6 is 23.1 Å². The van der Waals surface area contributed by atoms with Crippen molar-refractivity contribution in [3.05, 3.63) is 51.7 Å². The highest BCUT2D eigenvalue weighted by molar-refractivity contribution is 7.99. The number of aryl methyl sites for hydroxylation is 2. The smallest absolute Gasteiger partial charge is 0.233 e. The predicted molar refractivity (Wildman–Crippen MR) is 111 cm³/mol. The minimum atomic E-state index is 0.0325. The molecule has 0 aliphatic rings. The van der Waals surface area contributed by atoms with Crippen molar-refractivity contribution in [1.82, 2.24) is 25.1 Å². The van der Waals surface area contributed by atoms with Crippen molar-refractivity contribution >= 4 is 29.0 Å². The van der Waals surface area contributed by atoms with Crippen molar-refractivity contribution in [2.24, 2.45) is 0 Å². The number of thioether (sulfide) groups is 1. The number of carbonyl (C=O) groups excluding carboxylic acids is 1. The zero-order valence-electron chi connectivity index (χ0n) is 16.2. The molecule has 3 rings (SSSR count). The van der Waals surface area contributed by atoms with Crippen molar-refractivity contribution in [3.8, 4) is 5.69 Å². The van der Waals surface area contributed by atoms with Crippen molar-refractivity contribution in [1.29, 1.82) is 0 Å². The van der Waals surface area contributed by atoms with Crippen LogP contribution in [0.15, 0.2) is 40.9 Å². The van der Waals surface area contributed by atoms with E-state index < -0.39 is 0 Å². The highest BCUT2D eigenvalue weighted by atomic mass is 32.2. The molecule has 0 bridgehead atoms. The van der Waals surface area contributed by atoms with Gasteiger partial charge < -0.3 is 9.64 Å². The Morgan fingerprint density at radius 2 is 2.14 bits per heavy atom. The number of methoxy groups -OCH3 is 1. The minimum Gasteiger partial charge on any atom is -0.383 e. The highest BCUT2D eigenvalue weighted by Crippen LogP contribution is 2.21. The lowest BCUT2D eigenvalue weighted by atomic mass is 10.1. The Hall–Kier alpha value is -2.23. The lowest BCUT2D eigenvalue weighted by Crippen LogP contribution is -2.34. The number of carbonyl (C=O) groups is 1. The Bertz CT molecular complexity index is 911. The van der Waals surface area contributed by atoms with E-state index in [4.69, 9.17) is 4.74 Å². The number of amides is 1. The molecule has 9 heteroatoms. The van der Waals surface area contributed by atoms with Gasteiger partial charge >= 0.3 is 0 Å². The summed E-state index contributed by atoms with van der Waals surface area (Å²) in [5.41, 5.74) is 3.27. The third kappa shape index (κ3) is 5.18. The molecule has 28 heavy (non-hydrogen) atoms. The fourth-order valence-electron chi connectivity index (χ4n) is 2.59. The normalized spacial score (nSPS) is 11.0. The Labute approximate surface area is 172 Å². The molecule has 148 valence electrons. The molecule has 7 nitrogen and oxygen atoms in total. The van der Waals surface area contributed by atoms with Gasteiger partial charge in [-0.3, -0.25) is 4.79 Å². The number of hydrogen-bond donors (Lipinski definition) is 0. The zero-order chi connectivity index (χ0) is 19.9. The van der Waals surface area contributed by atoms with E-state index in [2.05, 4.69) is 29.4 Å². The van der Waals surface area contributed by atoms with E-state index >= 15 is 0 Å². The standard InChI is InChI=1S/C19H23N5O2S2/c1-14-6-7-16(11-15(14)2)24-19(20-21-22-24)28-13-18(25)23(8-9-26-3)12-17-5-4-10-27-17/h4-7,10-11H,8-9,12-13H2,1-3H3. The average molecular weight is 418 g/mol. The van der Waals surface area contributed by atoms with Crippen molar-refractivity contribution in [2.75, 3.05) is 26.0 Å². The van der Waals surface area contributed by atoms with Crippen LogP contribution < -0.4 is 0 Å². The molecule has 0 N–H and O–H groups in total. The van der Waals surface area contributed by atoms with E-state index in [-0.39, 0.29) is 11.7 Å². The molecule has 3 aromatic rings. The monoisotopic (exact) mass is 417 g/mol. The van der Waals surface area contributed by atoms with Crippen molar-refractivity contribution in [3.63, 3.8) is 0 Å². The van der Waals surface area contributed by atoms with Crippen LogP contribution in [0.1, 0.15) is 16.0 Å². The summed E-state index contributed by atoms with van der Waals surface area (Å²) < 4.78 is 6.83. The number of rotatable bonds is 9. The van der Waals surface area contributed by atoms with E-state index in [0.717, 1.165) is 10.6 Å². The number of tetrazole rings is 1. The zero-order valence-corrected chi connectivity index (χ0v) is 17.8. The van der Waals surface area contributed by atoms with Crippen LogP contribution in [0.25, 0.3) is 5.69 Å². The van der Waals surface area contributed by atoms with E-state index in [1.807, 2.05) is 40.6 Å². The number of thiophene rings is 1. The van der Waals surface area contributed by atoms with Gasteiger partial charge in [-0.2, -0.15) is 4.68 Å². The van der Waals surface area contributed by atoms with Gasteiger partial charge in [-0.1, -0.05) is 23.9 Å². The molecule has 0 radical (unpaired) electrons. The Kier molecular flexibility index (Phi) is 7.18. The van der Waals surface area contributed by atoms with Crippen LogP contribution in [0.4, 0.5) is 0 Å². The van der Waals surface area contributed by atoms with E-state index in [9.17, 15) is 4.79 Å². The number of benzene rings is 1. The van der Waals surface area contributed by atoms with Crippen LogP contribution in [0, 0.1) is 13.8 Å². The number of aromatic nitrogens is 4. The highest BCUT2D eigenvalue weighted by Gasteiger charge is 2.17.